The van der Waals surface area contributed by atoms with Crippen molar-refractivity contribution in [2.24, 2.45) is 5.92 Å². The van der Waals surface area contributed by atoms with Gasteiger partial charge in [-0.3, -0.25) is 9.59 Å². The van der Waals surface area contributed by atoms with E-state index in [1.807, 2.05) is 12.1 Å². The number of benzene rings is 2. The predicted octanol–water partition coefficient (Wildman–Crippen LogP) is 3.98. The first-order chi connectivity index (χ1) is 15.2. The standard InChI is InChI=1S/C24H30N2O5S/c1-17(2)15-18-5-7-19(8-6-18)22(27)11-12-24(29)25-21-16-20(9-10-23(21)28)32(30,31)26-13-3-4-14-26/h5-10,16-17,28H,3-4,11-15H2,1-2H3,(H,25,29). The number of hydrogen-bond donors (Lipinski definition) is 2. The van der Waals surface area contributed by atoms with Gasteiger partial charge >= 0.3 is 0 Å². The number of carbonyl (C=O) groups excluding carboxylic acids is 2. The Bertz CT molecular complexity index is 1070. The lowest BCUT2D eigenvalue weighted by Crippen LogP contribution is -2.28. The van der Waals surface area contributed by atoms with Crippen LogP contribution in [-0.2, 0) is 21.2 Å². The number of hydrogen-bond acceptors (Lipinski definition) is 5. The van der Waals surface area contributed by atoms with E-state index in [9.17, 15) is 23.1 Å². The van der Waals surface area contributed by atoms with E-state index in [1.54, 1.807) is 12.1 Å². The summed E-state index contributed by atoms with van der Waals surface area (Å²) in [6.07, 6.45) is 2.51. The van der Waals surface area contributed by atoms with Crippen molar-refractivity contribution < 1.29 is 23.1 Å². The number of phenols is 1. The molecule has 1 fully saturated rings. The van der Waals surface area contributed by atoms with E-state index in [2.05, 4.69) is 19.2 Å². The van der Waals surface area contributed by atoms with Gasteiger partial charge in [-0.05, 0) is 48.9 Å². The Morgan fingerprint density at radius 3 is 2.31 bits per heavy atom. The van der Waals surface area contributed by atoms with E-state index in [1.165, 1.54) is 22.5 Å². The van der Waals surface area contributed by atoms with Crippen molar-refractivity contribution in [2.75, 3.05) is 18.4 Å². The van der Waals surface area contributed by atoms with E-state index in [0.29, 0.717) is 24.6 Å². The molecule has 7 nitrogen and oxygen atoms in total. The Hall–Kier alpha value is -2.71. The van der Waals surface area contributed by atoms with Gasteiger partial charge in [-0.25, -0.2) is 8.42 Å². The van der Waals surface area contributed by atoms with E-state index in [0.717, 1.165) is 24.8 Å². The highest BCUT2D eigenvalue weighted by molar-refractivity contribution is 7.89. The lowest BCUT2D eigenvalue weighted by atomic mass is 9.99. The van der Waals surface area contributed by atoms with Crippen molar-refractivity contribution in [2.45, 2.75) is 50.8 Å². The normalized spacial score (nSPS) is 14.6. The average Bonchev–Trinajstić information content (AvgIpc) is 3.29. The monoisotopic (exact) mass is 458 g/mol. The summed E-state index contributed by atoms with van der Waals surface area (Å²) < 4.78 is 26.8. The fraction of sp³-hybridized carbons (Fsp3) is 0.417. The maximum Gasteiger partial charge on any atom is 0.243 e. The van der Waals surface area contributed by atoms with E-state index in [-0.39, 0.29) is 35.0 Å². The third-order valence-electron chi connectivity index (χ3n) is 5.44. The summed E-state index contributed by atoms with van der Waals surface area (Å²) in [5.41, 5.74) is 1.72. The summed E-state index contributed by atoms with van der Waals surface area (Å²) in [5.74, 6) is -0.321. The highest BCUT2D eigenvalue weighted by atomic mass is 32.2. The molecule has 1 aliphatic rings. The van der Waals surface area contributed by atoms with Gasteiger partial charge in [-0.15, -0.1) is 0 Å². The van der Waals surface area contributed by atoms with Crippen LogP contribution < -0.4 is 5.32 Å². The first-order valence-corrected chi connectivity index (χ1v) is 12.4. The van der Waals surface area contributed by atoms with Gasteiger partial charge in [0, 0.05) is 31.5 Å². The predicted molar refractivity (Wildman–Crippen MR) is 123 cm³/mol. The molecule has 1 heterocycles. The van der Waals surface area contributed by atoms with Crippen molar-refractivity contribution in [3.05, 3.63) is 53.6 Å². The SMILES string of the molecule is CC(C)Cc1ccc(C(=O)CCC(=O)Nc2cc(S(=O)(=O)N3CCCC3)ccc2O)cc1. The van der Waals surface area contributed by atoms with Crippen molar-refractivity contribution in [1.29, 1.82) is 0 Å². The molecule has 2 N–H and O–H groups in total. The summed E-state index contributed by atoms with van der Waals surface area (Å²) >= 11 is 0. The molecule has 1 aliphatic heterocycles. The van der Waals surface area contributed by atoms with Crippen molar-refractivity contribution in [1.82, 2.24) is 4.31 Å². The largest absolute Gasteiger partial charge is 0.506 e. The van der Waals surface area contributed by atoms with Crippen LogP contribution in [0.25, 0.3) is 0 Å². The minimum Gasteiger partial charge on any atom is -0.506 e. The molecule has 172 valence electrons. The fourth-order valence-electron chi connectivity index (χ4n) is 3.74. The molecule has 2 aromatic rings. The van der Waals surface area contributed by atoms with Crippen LogP contribution in [0.3, 0.4) is 0 Å². The van der Waals surface area contributed by atoms with Crippen molar-refractivity contribution >= 4 is 27.4 Å². The van der Waals surface area contributed by atoms with Crippen LogP contribution in [-0.4, -0.2) is 42.6 Å². The van der Waals surface area contributed by atoms with Crippen LogP contribution in [0.5, 0.6) is 5.75 Å². The molecule has 0 aliphatic carbocycles. The van der Waals surface area contributed by atoms with Crippen LogP contribution in [0.2, 0.25) is 0 Å². The number of anilines is 1. The summed E-state index contributed by atoms with van der Waals surface area (Å²) in [6.45, 7) is 5.19. The van der Waals surface area contributed by atoms with E-state index in [4.69, 9.17) is 0 Å². The number of phenolic OH excluding ortho intramolecular Hbond substituents is 1. The Kier molecular flexibility index (Phi) is 7.69. The quantitative estimate of drug-likeness (QED) is 0.437. The summed E-state index contributed by atoms with van der Waals surface area (Å²) in [6, 6.07) is 11.2. The second-order valence-corrected chi connectivity index (χ2v) is 10.5. The van der Waals surface area contributed by atoms with Crippen LogP contribution in [0.4, 0.5) is 5.69 Å². The molecule has 0 atom stereocenters. The minimum atomic E-state index is -3.67. The zero-order valence-corrected chi connectivity index (χ0v) is 19.3. The third-order valence-corrected chi connectivity index (χ3v) is 7.34. The second-order valence-electron chi connectivity index (χ2n) is 8.56. The molecular weight excluding hydrogens is 428 g/mol. The number of rotatable bonds is 9. The highest BCUT2D eigenvalue weighted by Gasteiger charge is 2.28. The minimum absolute atomic E-state index is 0.0146. The van der Waals surface area contributed by atoms with Crippen LogP contribution in [0.1, 0.15) is 55.5 Å². The number of Topliss-reactive ketones (excluding diaryl/α,β-unsaturated/α-hetero) is 1. The lowest BCUT2D eigenvalue weighted by Gasteiger charge is -2.16. The highest BCUT2D eigenvalue weighted by Crippen LogP contribution is 2.29. The summed E-state index contributed by atoms with van der Waals surface area (Å²) in [7, 11) is -3.67. The number of nitrogens with zero attached hydrogens (tertiary/aromatic N) is 1. The molecule has 8 heteroatoms. The zero-order valence-electron chi connectivity index (χ0n) is 18.5. The molecule has 2 aromatic carbocycles. The maximum absolute atomic E-state index is 12.7. The number of nitrogens with one attached hydrogen (secondary N) is 1. The van der Waals surface area contributed by atoms with Gasteiger partial charge in [0.1, 0.15) is 5.75 Å². The topological polar surface area (TPSA) is 104 Å². The van der Waals surface area contributed by atoms with E-state index < -0.39 is 15.9 Å². The fourth-order valence-corrected chi connectivity index (χ4v) is 5.28. The maximum atomic E-state index is 12.7. The Balaban J connectivity index is 1.60. The van der Waals surface area contributed by atoms with Crippen molar-refractivity contribution in [3.63, 3.8) is 0 Å². The lowest BCUT2D eigenvalue weighted by molar-refractivity contribution is -0.116. The van der Waals surface area contributed by atoms with E-state index >= 15 is 0 Å². The first kappa shape index (κ1) is 23.9. The molecule has 1 saturated heterocycles. The molecule has 32 heavy (non-hydrogen) atoms. The Morgan fingerprint density at radius 2 is 1.69 bits per heavy atom. The van der Waals surface area contributed by atoms with Gasteiger partial charge in [0.25, 0.3) is 0 Å². The average molecular weight is 459 g/mol. The van der Waals surface area contributed by atoms with Crippen LogP contribution in [0, 0.1) is 5.92 Å². The molecule has 0 spiro atoms. The molecule has 1 amide bonds. The zero-order chi connectivity index (χ0) is 23.3. The van der Waals surface area contributed by atoms with Gasteiger partial charge < -0.3 is 10.4 Å². The van der Waals surface area contributed by atoms with Crippen LogP contribution in [0.15, 0.2) is 47.4 Å². The molecule has 0 unspecified atom stereocenters. The Morgan fingerprint density at radius 1 is 1.03 bits per heavy atom. The van der Waals surface area contributed by atoms with Gasteiger partial charge in [-0.2, -0.15) is 4.31 Å². The first-order valence-electron chi connectivity index (χ1n) is 10.9. The Labute approximate surface area is 189 Å². The molecule has 0 radical (unpaired) electrons. The van der Waals surface area contributed by atoms with Crippen LogP contribution >= 0.6 is 0 Å². The smallest absolute Gasteiger partial charge is 0.243 e. The van der Waals surface area contributed by atoms with Gasteiger partial charge in [0.15, 0.2) is 5.78 Å². The number of amides is 1. The van der Waals surface area contributed by atoms with Gasteiger partial charge in [-0.1, -0.05) is 38.1 Å². The summed E-state index contributed by atoms with van der Waals surface area (Å²) in [5, 5.41) is 12.6. The number of aromatic hydroxyl groups is 1. The number of sulfonamides is 1. The molecular formula is C24H30N2O5S. The number of ketones is 1. The third kappa shape index (κ3) is 5.95. The molecule has 3 rings (SSSR count). The second kappa shape index (κ2) is 10.3. The summed E-state index contributed by atoms with van der Waals surface area (Å²) in [4.78, 5) is 24.8. The van der Waals surface area contributed by atoms with Gasteiger partial charge in [0.05, 0.1) is 10.6 Å². The number of carbonyl (C=O) groups is 2. The van der Waals surface area contributed by atoms with Crippen molar-refractivity contribution in [3.8, 4) is 5.75 Å². The molecule has 0 saturated carbocycles. The van der Waals surface area contributed by atoms with Gasteiger partial charge in [0.2, 0.25) is 15.9 Å². The molecule has 0 bridgehead atoms. The molecule has 0 aromatic heterocycles.